The molecule has 2 unspecified atom stereocenters. The van der Waals surface area contributed by atoms with E-state index in [1.54, 1.807) is 20.3 Å². The summed E-state index contributed by atoms with van der Waals surface area (Å²) in [6.07, 6.45) is 2.26. The van der Waals surface area contributed by atoms with Gasteiger partial charge in [-0.2, -0.15) is 0 Å². The molecule has 21 heavy (non-hydrogen) atoms. The average Bonchev–Trinajstić information content (AvgIpc) is 2.45. The maximum Gasteiger partial charge on any atom is 0.161 e. The summed E-state index contributed by atoms with van der Waals surface area (Å²) in [5, 5.41) is -0.511. The molecule has 1 fully saturated rings. The van der Waals surface area contributed by atoms with Gasteiger partial charge in [0, 0.05) is 6.04 Å². The number of sulfone groups is 1. The maximum atomic E-state index is 12.2. The maximum absolute atomic E-state index is 12.2. The molecule has 0 amide bonds. The van der Waals surface area contributed by atoms with E-state index in [9.17, 15) is 8.42 Å². The number of methoxy groups -OCH3 is 2. The van der Waals surface area contributed by atoms with Crippen molar-refractivity contribution in [3.05, 3.63) is 23.3 Å². The molecule has 6 heteroatoms. The molecule has 1 aromatic carbocycles. The Kier molecular flexibility index (Phi) is 4.78. The van der Waals surface area contributed by atoms with Gasteiger partial charge < -0.3 is 15.2 Å². The molecule has 0 saturated carbocycles. The molecule has 1 aromatic rings. The summed E-state index contributed by atoms with van der Waals surface area (Å²) in [7, 11) is 0.00730. The van der Waals surface area contributed by atoms with Crippen LogP contribution in [0.15, 0.2) is 12.1 Å². The van der Waals surface area contributed by atoms with Gasteiger partial charge in [0.1, 0.15) is 0 Å². The van der Waals surface area contributed by atoms with Crippen molar-refractivity contribution in [1.82, 2.24) is 0 Å². The first-order valence-corrected chi connectivity index (χ1v) is 8.82. The lowest BCUT2D eigenvalue weighted by molar-refractivity contribution is 0.353. The van der Waals surface area contributed by atoms with E-state index in [2.05, 4.69) is 0 Å². The van der Waals surface area contributed by atoms with Crippen LogP contribution in [0.2, 0.25) is 0 Å². The summed E-state index contributed by atoms with van der Waals surface area (Å²) < 4.78 is 35.0. The lowest BCUT2D eigenvalue weighted by Crippen LogP contribution is -2.38. The smallest absolute Gasteiger partial charge is 0.161 e. The molecule has 1 saturated heterocycles. The highest BCUT2D eigenvalue weighted by atomic mass is 32.2. The number of rotatable bonds is 4. The summed E-state index contributed by atoms with van der Waals surface area (Å²) in [5.41, 5.74) is 8.01. The van der Waals surface area contributed by atoms with Gasteiger partial charge in [-0.15, -0.1) is 0 Å². The molecule has 2 atom stereocenters. The fourth-order valence-corrected chi connectivity index (χ4v) is 4.97. The number of nitrogens with two attached hydrogens (primary N) is 1. The monoisotopic (exact) mass is 313 g/mol. The van der Waals surface area contributed by atoms with Gasteiger partial charge in [0.05, 0.1) is 25.2 Å². The standard InChI is InChI=1S/C15H23NO4S/c1-10-8-12(19-2)13(20-3)9-11(10)15(16)14-6-4-5-7-21(14,17)18/h8-9,14-15H,4-7,16H2,1-3H3. The van der Waals surface area contributed by atoms with Crippen LogP contribution in [-0.4, -0.2) is 33.6 Å². The molecule has 2 rings (SSSR count). The highest BCUT2D eigenvalue weighted by Crippen LogP contribution is 2.36. The molecule has 0 radical (unpaired) electrons. The third-order valence-corrected chi connectivity index (χ3v) is 6.47. The van der Waals surface area contributed by atoms with Gasteiger partial charge in [-0.3, -0.25) is 0 Å². The average molecular weight is 313 g/mol. The van der Waals surface area contributed by atoms with Crippen LogP contribution in [0.25, 0.3) is 0 Å². The molecular formula is C15H23NO4S. The van der Waals surface area contributed by atoms with E-state index in [4.69, 9.17) is 15.2 Å². The van der Waals surface area contributed by atoms with Crippen LogP contribution < -0.4 is 15.2 Å². The Hall–Kier alpha value is -1.27. The first kappa shape index (κ1) is 16.1. The lowest BCUT2D eigenvalue weighted by atomic mass is 9.96. The van der Waals surface area contributed by atoms with E-state index in [0.29, 0.717) is 17.9 Å². The topological polar surface area (TPSA) is 78.6 Å². The fraction of sp³-hybridized carbons (Fsp3) is 0.600. The molecule has 0 bridgehead atoms. The Labute approximate surface area is 126 Å². The summed E-state index contributed by atoms with van der Waals surface area (Å²) in [5.74, 6) is 1.43. The first-order valence-electron chi connectivity index (χ1n) is 7.10. The van der Waals surface area contributed by atoms with Gasteiger partial charge in [-0.05, 0) is 43.0 Å². The van der Waals surface area contributed by atoms with Crippen LogP contribution in [0.5, 0.6) is 11.5 Å². The van der Waals surface area contributed by atoms with Crippen molar-refractivity contribution in [2.45, 2.75) is 37.5 Å². The molecule has 1 aliphatic heterocycles. The third-order valence-electron chi connectivity index (χ3n) is 4.16. The largest absolute Gasteiger partial charge is 0.493 e. The first-order chi connectivity index (χ1) is 9.90. The minimum Gasteiger partial charge on any atom is -0.493 e. The van der Waals surface area contributed by atoms with Gasteiger partial charge in [0.2, 0.25) is 0 Å². The summed E-state index contributed by atoms with van der Waals surface area (Å²) >= 11 is 0. The normalized spacial score (nSPS) is 22.6. The van der Waals surface area contributed by atoms with Crippen molar-refractivity contribution in [3.63, 3.8) is 0 Å². The second-order valence-electron chi connectivity index (χ2n) is 5.49. The minimum absolute atomic E-state index is 0.234. The molecule has 0 aromatic heterocycles. The third kappa shape index (κ3) is 3.16. The zero-order valence-electron chi connectivity index (χ0n) is 12.8. The van der Waals surface area contributed by atoms with E-state index in [-0.39, 0.29) is 5.75 Å². The van der Waals surface area contributed by atoms with Gasteiger partial charge >= 0.3 is 0 Å². The van der Waals surface area contributed by atoms with Crippen LogP contribution in [0, 0.1) is 6.92 Å². The van der Waals surface area contributed by atoms with Crippen molar-refractivity contribution in [3.8, 4) is 11.5 Å². The highest BCUT2D eigenvalue weighted by Gasteiger charge is 2.35. The zero-order chi connectivity index (χ0) is 15.6. The summed E-state index contributed by atoms with van der Waals surface area (Å²) in [4.78, 5) is 0. The van der Waals surface area contributed by atoms with Crippen LogP contribution in [-0.2, 0) is 9.84 Å². The van der Waals surface area contributed by atoms with Crippen LogP contribution in [0.1, 0.15) is 36.4 Å². The SMILES string of the molecule is COc1cc(C)c(C(N)C2CCCCS2(=O)=O)cc1OC. The number of hydrogen-bond donors (Lipinski definition) is 1. The Morgan fingerprint density at radius 1 is 1.19 bits per heavy atom. The molecule has 2 N–H and O–H groups in total. The molecule has 1 aliphatic rings. The summed E-state index contributed by atoms with van der Waals surface area (Å²) in [6.45, 7) is 1.91. The van der Waals surface area contributed by atoms with E-state index in [1.807, 2.05) is 13.0 Å². The minimum atomic E-state index is -3.12. The van der Waals surface area contributed by atoms with Gasteiger partial charge in [0.25, 0.3) is 0 Å². The van der Waals surface area contributed by atoms with E-state index in [1.165, 1.54) is 0 Å². The Morgan fingerprint density at radius 3 is 2.38 bits per heavy atom. The predicted molar refractivity (Wildman–Crippen MR) is 82.6 cm³/mol. The zero-order valence-corrected chi connectivity index (χ0v) is 13.6. The van der Waals surface area contributed by atoms with E-state index in [0.717, 1.165) is 24.0 Å². The molecule has 1 heterocycles. The number of hydrogen-bond acceptors (Lipinski definition) is 5. The molecule has 5 nitrogen and oxygen atoms in total. The molecule has 0 aliphatic carbocycles. The highest BCUT2D eigenvalue weighted by molar-refractivity contribution is 7.92. The quantitative estimate of drug-likeness (QED) is 0.919. The number of aryl methyl sites for hydroxylation is 1. The van der Waals surface area contributed by atoms with Crippen molar-refractivity contribution in [2.24, 2.45) is 5.73 Å². The second-order valence-corrected chi connectivity index (χ2v) is 7.83. The predicted octanol–water partition coefficient (Wildman–Crippen LogP) is 1.98. The van der Waals surface area contributed by atoms with Crippen molar-refractivity contribution >= 4 is 9.84 Å². The fourth-order valence-electron chi connectivity index (χ4n) is 2.94. The second kappa shape index (κ2) is 6.23. The van der Waals surface area contributed by atoms with Crippen LogP contribution in [0.4, 0.5) is 0 Å². The van der Waals surface area contributed by atoms with E-state index < -0.39 is 21.1 Å². The van der Waals surface area contributed by atoms with Crippen molar-refractivity contribution in [2.75, 3.05) is 20.0 Å². The van der Waals surface area contributed by atoms with Gasteiger partial charge in [-0.25, -0.2) is 8.42 Å². The molecular weight excluding hydrogens is 290 g/mol. The van der Waals surface area contributed by atoms with Crippen LogP contribution in [0.3, 0.4) is 0 Å². The summed E-state index contributed by atoms with van der Waals surface area (Å²) in [6, 6.07) is 3.10. The van der Waals surface area contributed by atoms with Crippen molar-refractivity contribution < 1.29 is 17.9 Å². The van der Waals surface area contributed by atoms with E-state index >= 15 is 0 Å². The Bertz CT molecular complexity index is 612. The number of ether oxygens (including phenoxy) is 2. The van der Waals surface area contributed by atoms with Gasteiger partial charge in [0.15, 0.2) is 21.3 Å². The van der Waals surface area contributed by atoms with Crippen molar-refractivity contribution in [1.29, 1.82) is 0 Å². The lowest BCUT2D eigenvalue weighted by Gasteiger charge is -2.29. The number of benzene rings is 1. The van der Waals surface area contributed by atoms with Crippen LogP contribution >= 0.6 is 0 Å². The molecule has 118 valence electrons. The Morgan fingerprint density at radius 2 is 1.81 bits per heavy atom. The van der Waals surface area contributed by atoms with Gasteiger partial charge in [-0.1, -0.05) is 6.42 Å². The Balaban J connectivity index is 2.41. The molecule has 0 spiro atoms.